The number of halogens is 1. The van der Waals surface area contributed by atoms with E-state index in [4.69, 9.17) is 14.9 Å². The van der Waals surface area contributed by atoms with Crippen LogP contribution in [0.15, 0.2) is 53.4 Å². The van der Waals surface area contributed by atoms with E-state index >= 15 is 0 Å². The smallest absolute Gasteiger partial charge is 0.238 e. The van der Waals surface area contributed by atoms with Crippen molar-refractivity contribution in [3.63, 3.8) is 0 Å². The molecule has 1 unspecified atom stereocenters. The first-order valence-electron chi connectivity index (χ1n) is 11.4. The summed E-state index contributed by atoms with van der Waals surface area (Å²) in [6, 6.07) is 13.3. The second kappa shape index (κ2) is 10.7. The first-order valence-corrected chi connectivity index (χ1v) is 13.0. The maximum atomic E-state index is 15.0. The topological polar surface area (TPSA) is 103 Å². The molecule has 4 rings (SSSR count). The molecule has 0 bridgehead atoms. The van der Waals surface area contributed by atoms with Gasteiger partial charge in [-0.2, -0.15) is 0 Å². The van der Waals surface area contributed by atoms with Gasteiger partial charge in [-0.3, -0.25) is 4.90 Å². The van der Waals surface area contributed by atoms with Crippen LogP contribution in [0.4, 0.5) is 4.39 Å². The average molecular weight is 488 g/mol. The Balaban J connectivity index is 1.57. The zero-order chi connectivity index (χ0) is 24.1. The Morgan fingerprint density at radius 2 is 2.00 bits per heavy atom. The van der Waals surface area contributed by atoms with E-state index in [-0.39, 0.29) is 10.6 Å². The number of benzene rings is 2. The van der Waals surface area contributed by atoms with Gasteiger partial charge in [0, 0.05) is 19.6 Å². The van der Waals surface area contributed by atoms with Crippen LogP contribution in [0.25, 0.3) is 5.69 Å². The van der Waals surface area contributed by atoms with Crippen LogP contribution in [0.2, 0.25) is 0 Å². The fourth-order valence-electron chi connectivity index (χ4n) is 4.10. The van der Waals surface area contributed by atoms with E-state index in [2.05, 4.69) is 10.00 Å². The van der Waals surface area contributed by atoms with E-state index in [1.165, 1.54) is 23.2 Å². The first kappa shape index (κ1) is 24.5. The Morgan fingerprint density at radius 3 is 2.68 bits per heavy atom. The van der Waals surface area contributed by atoms with Crippen LogP contribution in [-0.4, -0.2) is 54.4 Å². The van der Waals surface area contributed by atoms with Gasteiger partial charge in [-0.05, 0) is 56.5 Å². The Labute approximate surface area is 199 Å². The molecule has 182 valence electrons. The maximum absolute atomic E-state index is 15.0. The summed E-state index contributed by atoms with van der Waals surface area (Å²) in [5.41, 5.74) is 1.13. The maximum Gasteiger partial charge on any atom is 0.238 e. The number of primary sulfonamides is 1. The van der Waals surface area contributed by atoms with Crippen molar-refractivity contribution in [2.24, 2.45) is 5.14 Å². The van der Waals surface area contributed by atoms with Crippen molar-refractivity contribution in [2.75, 3.05) is 20.2 Å². The van der Waals surface area contributed by atoms with Crippen molar-refractivity contribution >= 4 is 10.0 Å². The molecule has 0 aliphatic carbocycles. The average Bonchev–Trinajstić information content (AvgIpc) is 3.20. The number of hydrogen-bond donors (Lipinski definition) is 1. The van der Waals surface area contributed by atoms with E-state index in [0.29, 0.717) is 30.7 Å². The standard InChI is InChI=1S/C24H30FN5O3S/c1-29(13-12-19-9-5-6-14-33-19)17-23-27-24(15-18-7-3-2-4-8-18)30(28-23)22-11-10-20(16-21(22)25)34(26,31)32/h2-4,7-8,10-11,16,19H,5-6,9,12-15,17H2,1H3,(H2,26,31,32). The van der Waals surface area contributed by atoms with E-state index < -0.39 is 15.8 Å². The van der Waals surface area contributed by atoms with Crippen LogP contribution >= 0.6 is 0 Å². The van der Waals surface area contributed by atoms with Gasteiger partial charge in [0.15, 0.2) is 5.82 Å². The summed E-state index contributed by atoms with van der Waals surface area (Å²) in [4.78, 5) is 6.54. The molecule has 0 amide bonds. The second-order valence-corrected chi connectivity index (χ2v) is 10.3. The number of aromatic nitrogens is 3. The van der Waals surface area contributed by atoms with Gasteiger partial charge in [0.05, 0.1) is 17.5 Å². The number of nitrogens with two attached hydrogens (primary N) is 1. The Kier molecular flexibility index (Phi) is 7.72. The minimum atomic E-state index is -4.01. The lowest BCUT2D eigenvalue weighted by Gasteiger charge is -2.24. The molecule has 2 heterocycles. The monoisotopic (exact) mass is 487 g/mol. The van der Waals surface area contributed by atoms with Crippen LogP contribution in [-0.2, 0) is 27.7 Å². The van der Waals surface area contributed by atoms with Crippen LogP contribution in [0.1, 0.15) is 42.9 Å². The summed E-state index contributed by atoms with van der Waals surface area (Å²) < 4.78 is 45.4. The molecule has 34 heavy (non-hydrogen) atoms. The molecule has 1 aliphatic heterocycles. The predicted octanol–water partition coefficient (Wildman–Crippen LogP) is 3.04. The number of sulfonamides is 1. The quantitative estimate of drug-likeness (QED) is 0.498. The van der Waals surface area contributed by atoms with Crippen LogP contribution < -0.4 is 5.14 Å². The van der Waals surface area contributed by atoms with Gasteiger partial charge in [-0.1, -0.05) is 30.3 Å². The summed E-state index contributed by atoms with van der Waals surface area (Å²) in [5.74, 6) is 0.389. The zero-order valence-electron chi connectivity index (χ0n) is 19.2. The van der Waals surface area contributed by atoms with Gasteiger partial charge in [-0.15, -0.1) is 5.10 Å². The van der Waals surface area contributed by atoms with Crippen LogP contribution in [0, 0.1) is 5.82 Å². The fraction of sp³-hybridized carbons (Fsp3) is 0.417. The lowest BCUT2D eigenvalue weighted by Crippen LogP contribution is -2.27. The van der Waals surface area contributed by atoms with Gasteiger partial charge in [0.25, 0.3) is 0 Å². The lowest BCUT2D eigenvalue weighted by molar-refractivity contribution is 0.00631. The van der Waals surface area contributed by atoms with Crippen molar-refractivity contribution in [3.05, 3.63) is 71.6 Å². The highest BCUT2D eigenvalue weighted by atomic mass is 32.2. The molecule has 1 fully saturated rings. The molecular weight excluding hydrogens is 457 g/mol. The first-order chi connectivity index (χ1) is 16.3. The third-order valence-electron chi connectivity index (χ3n) is 5.92. The van der Waals surface area contributed by atoms with E-state index in [1.54, 1.807) is 0 Å². The van der Waals surface area contributed by atoms with Gasteiger partial charge >= 0.3 is 0 Å². The third kappa shape index (κ3) is 6.26. The number of rotatable bonds is 9. The molecule has 0 radical (unpaired) electrons. The zero-order valence-corrected chi connectivity index (χ0v) is 20.0. The van der Waals surface area contributed by atoms with E-state index in [0.717, 1.165) is 44.0 Å². The van der Waals surface area contributed by atoms with Gasteiger partial charge in [-0.25, -0.2) is 27.6 Å². The molecule has 2 N–H and O–H groups in total. The largest absolute Gasteiger partial charge is 0.378 e. The molecule has 1 aromatic heterocycles. The van der Waals surface area contributed by atoms with E-state index in [1.807, 2.05) is 37.4 Å². The van der Waals surface area contributed by atoms with Crippen LogP contribution in [0.5, 0.6) is 0 Å². The number of ether oxygens (including phenoxy) is 1. The van der Waals surface area contributed by atoms with Crippen molar-refractivity contribution in [1.82, 2.24) is 19.7 Å². The lowest BCUT2D eigenvalue weighted by atomic mass is 10.1. The van der Waals surface area contributed by atoms with Gasteiger partial charge < -0.3 is 4.74 Å². The molecule has 0 spiro atoms. The van der Waals surface area contributed by atoms with Crippen LogP contribution in [0.3, 0.4) is 0 Å². The minimum absolute atomic E-state index is 0.121. The summed E-state index contributed by atoms with van der Waals surface area (Å²) in [6.07, 6.45) is 5.12. The van der Waals surface area contributed by atoms with Crippen molar-refractivity contribution < 1.29 is 17.5 Å². The summed E-state index contributed by atoms with van der Waals surface area (Å²) in [7, 11) is -2.01. The summed E-state index contributed by atoms with van der Waals surface area (Å²) >= 11 is 0. The molecule has 1 saturated heterocycles. The fourth-order valence-corrected chi connectivity index (χ4v) is 4.63. The predicted molar refractivity (Wildman–Crippen MR) is 126 cm³/mol. The second-order valence-electron chi connectivity index (χ2n) is 8.69. The highest BCUT2D eigenvalue weighted by Crippen LogP contribution is 2.21. The Hall–Kier alpha value is -2.66. The summed E-state index contributed by atoms with van der Waals surface area (Å²) in [5, 5.41) is 9.72. The third-order valence-corrected chi connectivity index (χ3v) is 6.83. The SMILES string of the molecule is CN(CCC1CCCCO1)Cc1nc(Cc2ccccc2)n(-c2ccc(S(N)(=O)=O)cc2F)n1. The minimum Gasteiger partial charge on any atom is -0.378 e. The van der Waals surface area contributed by atoms with E-state index in [9.17, 15) is 12.8 Å². The molecule has 1 aliphatic rings. The molecule has 8 nitrogen and oxygen atoms in total. The Morgan fingerprint density at radius 1 is 1.21 bits per heavy atom. The number of nitrogens with zero attached hydrogens (tertiary/aromatic N) is 4. The van der Waals surface area contributed by atoms with Crippen molar-refractivity contribution in [1.29, 1.82) is 0 Å². The molecular formula is C24H30FN5O3S. The number of hydrogen-bond acceptors (Lipinski definition) is 6. The molecule has 2 aromatic carbocycles. The van der Waals surface area contributed by atoms with Gasteiger partial charge in [0.1, 0.15) is 17.3 Å². The Bertz CT molecular complexity index is 1210. The molecule has 10 heteroatoms. The van der Waals surface area contributed by atoms with Crippen molar-refractivity contribution in [3.8, 4) is 5.69 Å². The highest BCUT2D eigenvalue weighted by molar-refractivity contribution is 7.89. The van der Waals surface area contributed by atoms with Gasteiger partial charge in [0.2, 0.25) is 10.0 Å². The molecule has 1 atom stereocenters. The highest BCUT2D eigenvalue weighted by Gasteiger charge is 2.20. The summed E-state index contributed by atoms with van der Waals surface area (Å²) in [6.45, 7) is 2.17. The molecule has 3 aromatic rings. The molecule has 0 saturated carbocycles. The normalized spacial score (nSPS) is 16.8. The van der Waals surface area contributed by atoms with Crippen molar-refractivity contribution in [2.45, 2.75) is 49.6 Å².